The summed E-state index contributed by atoms with van der Waals surface area (Å²) < 4.78 is 49.0. The number of rotatable bonds is 3. The Balaban J connectivity index is 1.77. The minimum Gasteiger partial charge on any atom is -0.395 e. The first-order chi connectivity index (χ1) is 13.2. The van der Waals surface area contributed by atoms with Crippen LogP contribution >= 0.6 is 11.6 Å². The van der Waals surface area contributed by atoms with E-state index in [1.165, 1.54) is 24.3 Å². The number of hydrogen-bond acceptors (Lipinski definition) is 4. The highest BCUT2D eigenvalue weighted by molar-refractivity contribution is 6.33. The smallest absolute Gasteiger partial charge is 0.395 e. The van der Waals surface area contributed by atoms with Gasteiger partial charge in [0.25, 0.3) is 5.91 Å². The van der Waals surface area contributed by atoms with Gasteiger partial charge in [-0.25, -0.2) is 9.37 Å². The Morgan fingerprint density at radius 3 is 2.43 bits per heavy atom. The van der Waals surface area contributed by atoms with E-state index in [0.29, 0.717) is 22.5 Å². The van der Waals surface area contributed by atoms with Gasteiger partial charge in [-0.15, -0.1) is 8.78 Å². The predicted octanol–water partition coefficient (Wildman–Crippen LogP) is 4.63. The fourth-order valence-corrected chi connectivity index (χ4v) is 3.04. The topological polar surface area (TPSA) is 74.4 Å². The van der Waals surface area contributed by atoms with E-state index in [0.717, 1.165) is 6.07 Å². The van der Waals surface area contributed by atoms with Gasteiger partial charge in [-0.3, -0.25) is 4.79 Å². The molecule has 2 aromatic carbocycles. The van der Waals surface area contributed by atoms with Crippen LogP contribution in [0.25, 0.3) is 22.5 Å². The van der Waals surface area contributed by atoms with Crippen LogP contribution in [0, 0.1) is 5.82 Å². The van der Waals surface area contributed by atoms with Crippen molar-refractivity contribution in [2.75, 3.05) is 0 Å². The van der Waals surface area contributed by atoms with Gasteiger partial charge in [0, 0.05) is 17.2 Å². The van der Waals surface area contributed by atoms with Crippen molar-refractivity contribution in [1.82, 2.24) is 4.98 Å². The molecule has 2 heterocycles. The fourth-order valence-electron chi connectivity index (χ4n) is 2.79. The van der Waals surface area contributed by atoms with Gasteiger partial charge in [0.05, 0.1) is 22.0 Å². The molecule has 4 rings (SSSR count). The van der Waals surface area contributed by atoms with E-state index in [1.54, 1.807) is 18.2 Å². The highest BCUT2D eigenvalue weighted by Crippen LogP contribution is 2.45. The fraction of sp³-hybridized carbons (Fsp3) is 0.0526. The molecule has 1 aromatic heterocycles. The molecule has 5 nitrogen and oxygen atoms in total. The second-order valence-electron chi connectivity index (χ2n) is 5.91. The summed E-state index contributed by atoms with van der Waals surface area (Å²) in [5.41, 5.74) is 6.44. The molecule has 0 atom stereocenters. The first-order valence-corrected chi connectivity index (χ1v) is 8.28. The SMILES string of the molecule is NC(=O)c1cc(-c2cccc(-c3cc4c(cc3Cl)OC(F)(F)O4)n2)ccc1F. The summed E-state index contributed by atoms with van der Waals surface area (Å²) in [6.07, 6.45) is -3.77. The van der Waals surface area contributed by atoms with Crippen molar-refractivity contribution in [3.8, 4) is 34.0 Å². The molecule has 1 amide bonds. The lowest BCUT2D eigenvalue weighted by Crippen LogP contribution is -2.25. The number of aromatic nitrogens is 1. The molecule has 9 heteroatoms. The maximum Gasteiger partial charge on any atom is 0.586 e. The summed E-state index contributed by atoms with van der Waals surface area (Å²) in [5, 5.41) is 0.127. The van der Waals surface area contributed by atoms with Gasteiger partial charge >= 0.3 is 6.29 Å². The van der Waals surface area contributed by atoms with E-state index in [1.807, 2.05) is 0 Å². The lowest BCUT2D eigenvalue weighted by atomic mass is 10.0. The number of nitrogens with two attached hydrogens (primary N) is 1. The van der Waals surface area contributed by atoms with Crippen LogP contribution in [0.4, 0.5) is 13.2 Å². The van der Waals surface area contributed by atoms with E-state index in [-0.39, 0.29) is 22.1 Å². The summed E-state index contributed by atoms with van der Waals surface area (Å²) in [6, 6.07) is 11.2. The molecule has 0 fully saturated rings. The summed E-state index contributed by atoms with van der Waals surface area (Å²) in [7, 11) is 0. The van der Waals surface area contributed by atoms with Crippen molar-refractivity contribution in [1.29, 1.82) is 0 Å². The van der Waals surface area contributed by atoms with E-state index in [9.17, 15) is 18.0 Å². The molecule has 0 bridgehead atoms. The van der Waals surface area contributed by atoms with Gasteiger partial charge in [-0.1, -0.05) is 17.7 Å². The summed E-state index contributed by atoms with van der Waals surface area (Å²) in [5.74, 6) is -2.00. The molecule has 0 saturated heterocycles. The average molecular weight is 407 g/mol. The van der Waals surface area contributed by atoms with Crippen molar-refractivity contribution >= 4 is 17.5 Å². The first-order valence-electron chi connectivity index (χ1n) is 7.90. The molecule has 0 unspecified atom stereocenters. The number of fused-ring (bicyclic) bond motifs is 1. The molecule has 0 saturated carbocycles. The van der Waals surface area contributed by atoms with E-state index in [4.69, 9.17) is 17.3 Å². The third kappa shape index (κ3) is 3.22. The van der Waals surface area contributed by atoms with Crippen molar-refractivity contribution in [3.05, 3.63) is 64.9 Å². The zero-order chi connectivity index (χ0) is 20.1. The van der Waals surface area contributed by atoms with Crippen LogP contribution in [-0.2, 0) is 0 Å². The number of nitrogens with zero attached hydrogens (tertiary/aromatic N) is 1. The molecule has 142 valence electrons. The zero-order valence-corrected chi connectivity index (χ0v) is 14.6. The van der Waals surface area contributed by atoms with Gasteiger partial charge in [0.15, 0.2) is 11.5 Å². The van der Waals surface area contributed by atoms with E-state index >= 15 is 0 Å². The highest BCUT2D eigenvalue weighted by Gasteiger charge is 2.43. The number of amides is 1. The highest BCUT2D eigenvalue weighted by atomic mass is 35.5. The van der Waals surface area contributed by atoms with Gasteiger partial charge in [-0.05, 0) is 36.4 Å². The number of carbonyl (C=O) groups excluding carboxylic acids is 1. The summed E-state index contributed by atoms with van der Waals surface area (Å²) in [4.78, 5) is 15.8. The van der Waals surface area contributed by atoms with Crippen LogP contribution in [0.5, 0.6) is 11.5 Å². The summed E-state index contributed by atoms with van der Waals surface area (Å²) >= 11 is 6.19. The van der Waals surface area contributed by atoms with Gasteiger partial charge < -0.3 is 15.2 Å². The number of halogens is 4. The predicted molar refractivity (Wildman–Crippen MR) is 94.8 cm³/mol. The largest absolute Gasteiger partial charge is 0.586 e. The molecule has 1 aliphatic heterocycles. The minimum atomic E-state index is -3.77. The number of primary amides is 1. The maximum absolute atomic E-state index is 13.7. The van der Waals surface area contributed by atoms with Crippen molar-refractivity contribution < 1.29 is 27.4 Å². The molecule has 3 aromatic rings. The molecular weight excluding hydrogens is 397 g/mol. The number of carbonyl (C=O) groups is 1. The van der Waals surface area contributed by atoms with Gasteiger partial charge in [0.2, 0.25) is 0 Å². The lowest BCUT2D eigenvalue weighted by Gasteiger charge is -2.09. The number of hydrogen-bond donors (Lipinski definition) is 1. The van der Waals surface area contributed by atoms with Crippen LogP contribution in [0.15, 0.2) is 48.5 Å². The van der Waals surface area contributed by atoms with Crippen LogP contribution in [0.3, 0.4) is 0 Å². The van der Waals surface area contributed by atoms with Crippen molar-refractivity contribution in [2.45, 2.75) is 6.29 Å². The Hall–Kier alpha value is -3.26. The molecule has 0 aliphatic carbocycles. The average Bonchev–Trinajstić information content (AvgIpc) is 2.94. The zero-order valence-electron chi connectivity index (χ0n) is 13.9. The van der Waals surface area contributed by atoms with Crippen LogP contribution in [-0.4, -0.2) is 17.2 Å². The Labute approximate surface area is 161 Å². The number of alkyl halides is 2. The monoisotopic (exact) mass is 406 g/mol. The lowest BCUT2D eigenvalue weighted by molar-refractivity contribution is -0.286. The van der Waals surface area contributed by atoms with Crippen molar-refractivity contribution in [3.63, 3.8) is 0 Å². The third-order valence-electron chi connectivity index (χ3n) is 4.04. The second-order valence-corrected chi connectivity index (χ2v) is 6.32. The minimum absolute atomic E-state index is 0.127. The Bertz CT molecular complexity index is 1120. The first kappa shape index (κ1) is 18.1. The number of benzene rings is 2. The molecule has 2 N–H and O–H groups in total. The molecule has 0 radical (unpaired) electrons. The van der Waals surface area contributed by atoms with Crippen molar-refractivity contribution in [2.24, 2.45) is 5.73 Å². The molecular formula is C19H10ClF3N2O3. The van der Waals surface area contributed by atoms with Gasteiger partial charge in [-0.2, -0.15) is 0 Å². The number of pyridine rings is 1. The Kier molecular flexibility index (Phi) is 4.15. The normalized spacial score (nSPS) is 14.1. The standard InChI is InChI=1S/C19H10ClF3N2O3/c20-12-8-17-16(27-19(22,23)28-17)7-10(12)15-3-1-2-14(25-15)9-4-5-13(21)11(6-9)18(24)26/h1-8H,(H2,24,26). The third-order valence-corrected chi connectivity index (χ3v) is 4.36. The van der Waals surface area contributed by atoms with Crippen LogP contribution < -0.4 is 15.2 Å². The Morgan fingerprint density at radius 2 is 1.71 bits per heavy atom. The van der Waals surface area contributed by atoms with E-state index < -0.39 is 18.0 Å². The molecule has 0 spiro atoms. The molecule has 1 aliphatic rings. The molecule has 28 heavy (non-hydrogen) atoms. The quantitative estimate of drug-likeness (QED) is 0.688. The Morgan fingerprint density at radius 1 is 1.04 bits per heavy atom. The summed E-state index contributed by atoms with van der Waals surface area (Å²) in [6.45, 7) is 0. The number of ether oxygens (including phenoxy) is 2. The second kappa shape index (κ2) is 6.42. The maximum atomic E-state index is 13.7. The van der Waals surface area contributed by atoms with E-state index in [2.05, 4.69) is 14.5 Å². The van der Waals surface area contributed by atoms with Crippen LogP contribution in [0.2, 0.25) is 5.02 Å². The van der Waals surface area contributed by atoms with Crippen LogP contribution in [0.1, 0.15) is 10.4 Å². The van der Waals surface area contributed by atoms with Gasteiger partial charge in [0.1, 0.15) is 5.82 Å².